The number of rotatable bonds is 7. The largest absolute Gasteiger partial charge is 0.480 e. The molecule has 1 atom stereocenters. The molecule has 1 N–H and O–H groups in total. The van der Waals surface area contributed by atoms with Gasteiger partial charge in [-0.15, -0.1) is 0 Å². The van der Waals surface area contributed by atoms with Gasteiger partial charge in [0, 0.05) is 25.0 Å². The highest BCUT2D eigenvalue weighted by Crippen LogP contribution is 2.27. The number of aromatic nitrogens is 1. The summed E-state index contributed by atoms with van der Waals surface area (Å²) in [6.45, 7) is 8.95. The van der Waals surface area contributed by atoms with Gasteiger partial charge in [-0.05, 0) is 51.2 Å². The van der Waals surface area contributed by atoms with E-state index in [0.29, 0.717) is 0 Å². The summed E-state index contributed by atoms with van der Waals surface area (Å²) < 4.78 is 2.06. The number of likely N-dealkylation sites (tertiary alicyclic amines) is 1. The molecule has 1 fully saturated rings. The van der Waals surface area contributed by atoms with E-state index in [-0.39, 0.29) is 0 Å². The van der Waals surface area contributed by atoms with Gasteiger partial charge in [-0.1, -0.05) is 13.8 Å². The molecule has 1 aliphatic rings. The number of aliphatic carboxylic acids is 1. The molecule has 0 bridgehead atoms. The molecule has 0 aliphatic carbocycles. The molecule has 0 spiro atoms. The van der Waals surface area contributed by atoms with Crippen LogP contribution in [0, 0.1) is 0 Å². The lowest BCUT2D eigenvalue weighted by molar-refractivity contribution is -0.143. The normalized spacial score (nSPS) is 17.5. The van der Waals surface area contributed by atoms with Crippen molar-refractivity contribution >= 4 is 5.97 Å². The number of carboxylic acids is 1. The summed E-state index contributed by atoms with van der Waals surface area (Å²) in [4.78, 5) is 16.1. The number of hydrogen-bond donors (Lipinski definition) is 1. The number of carboxylic acid groups (broad SMARTS) is 1. The summed E-state index contributed by atoms with van der Waals surface area (Å²) >= 11 is 0. The molecule has 0 radical (unpaired) electrons. The molecular formula is C16H27N3O2. The van der Waals surface area contributed by atoms with Crippen molar-refractivity contribution in [2.24, 2.45) is 7.05 Å². The average Bonchev–Trinajstić information content (AvgIpc) is 3.09. The Morgan fingerprint density at radius 1 is 1.29 bits per heavy atom. The van der Waals surface area contributed by atoms with Crippen LogP contribution >= 0.6 is 0 Å². The Morgan fingerprint density at radius 2 is 1.90 bits per heavy atom. The third kappa shape index (κ3) is 3.47. The van der Waals surface area contributed by atoms with Crippen LogP contribution in [-0.2, 0) is 18.4 Å². The van der Waals surface area contributed by atoms with E-state index in [2.05, 4.69) is 34.3 Å². The molecule has 1 aromatic heterocycles. The zero-order valence-electron chi connectivity index (χ0n) is 13.4. The van der Waals surface area contributed by atoms with Crippen LogP contribution in [0.1, 0.15) is 44.1 Å². The number of nitrogens with zero attached hydrogens (tertiary/aromatic N) is 3. The standard InChI is InChI=1S/C16H27N3O2/c1-4-18(5-2)12-13-8-9-14(17(13)3)15(16(20)21)19-10-6-7-11-19/h8-9,15H,4-7,10-12H2,1-3H3,(H,20,21). The van der Waals surface area contributed by atoms with E-state index in [1.807, 2.05) is 13.1 Å². The minimum atomic E-state index is -0.743. The van der Waals surface area contributed by atoms with Crippen LogP contribution in [0.5, 0.6) is 0 Å². The van der Waals surface area contributed by atoms with Gasteiger partial charge in [0.15, 0.2) is 0 Å². The van der Waals surface area contributed by atoms with Crippen LogP contribution in [0.3, 0.4) is 0 Å². The fourth-order valence-electron chi connectivity index (χ4n) is 3.15. The van der Waals surface area contributed by atoms with Crippen molar-refractivity contribution in [2.75, 3.05) is 26.2 Å². The van der Waals surface area contributed by atoms with Gasteiger partial charge in [0.2, 0.25) is 0 Å². The molecule has 21 heavy (non-hydrogen) atoms. The van der Waals surface area contributed by atoms with Crippen LogP contribution in [-0.4, -0.2) is 51.6 Å². The van der Waals surface area contributed by atoms with Gasteiger partial charge in [-0.25, -0.2) is 0 Å². The maximum atomic E-state index is 11.7. The molecule has 1 aromatic rings. The van der Waals surface area contributed by atoms with Gasteiger partial charge in [0.25, 0.3) is 0 Å². The van der Waals surface area contributed by atoms with Gasteiger partial charge in [-0.3, -0.25) is 14.6 Å². The number of hydrogen-bond acceptors (Lipinski definition) is 3. The van der Waals surface area contributed by atoms with E-state index in [0.717, 1.165) is 51.3 Å². The Hall–Kier alpha value is -1.33. The molecule has 0 amide bonds. The van der Waals surface area contributed by atoms with Crippen LogP contribution in [0.4, 0.5) is 0 Å². The second kappa shape index (κ2) is 7.09. The monoisotopic (exact) mass is 293 g/mol. The predicted octanol–water partition coefficient (Wildman–Crippen LogP) is 2.09. The van der Waals surface area contributed by atoms with Gasteiger partial charge < -0.3 is 9.67 Å². The molecule has 1 unspecified atom stereocenters. The first kappa shape index (κ1) is 16.0. The first-order valence-corrected chi connectivity index (χ1v) is 7.92. The third-order valence-corrected chi connectivity index (χ3v) is 4.56. The van der Waals surface area contributed by atoms with Crippen LogP contribution in [0.2, 0.25) is 0 Å². The van der Waals surface area contributed by atoms with Crippen molar-refractivity contribution in [3.05, 3.63) is 23.5 Å². The second-order valence-corrected chi connectivity index (χ2v) is 5.75. The minimum absolute atomic E-state index is 0.511. The van der Waals surface area contributed by atoms with Crippen molar-refractivity contribution in [3.8, 4) is 0 Å². The molecule has 1 saturated heterocycles. The first-order chi connectivity index (χ1) is 10.1. The molecule has 0 saturated carbocycles. The van der Waals surface area contributed by atoms with Crippen molar-refractivity contribution in [3.63, 3.8) is 0 Å². The maximum Gasteiger partial charge on any atom is 0.327 e. The molecular weight excluding hydrogens is 266 g/mol. The highest BCUT2D eigenvalue weighted by Gasteiger charge is 2.31. The Labute approximate surface area is 127 Å². The molecule has 118 valence electrons. The fraction of sp³-hybridized carbons (Fsp3) is 0.688. The summed E-state index contributed by atoms with van der Waals surface area (Å²) in [5, 5.41) is 9.63. The summed E-state index contributed by atoms with van der Waals surface area (Å²) in [5.74, 6) is -0.743. The van der Waals surface area contributed by atoms with Crippen molar-refractivity contribution in [2.45, 2.75) is 39.3 Å². The van der Waals surface area contributed by atoms with Crippen molar-refractivity contribution < 1.29 is 9.90 Å². The lowest BCUT2D eigenvalue weighted by atomic mass is 10.2. The zero-order chi connectivity index (χ0) is 15.4. The van der Waals surface area contributed by atoms with E-state index < -0.39 is 12.0 Å². The Kier molecular flexibility index (Phi) is 5.42. The summed E-state index contributed by atoms with van der Waals surface area (Å²) in [6.07, 6.45) is 2.20. The molecule has 5 heteroatoms. The summed E-state index contributed by atoms with van der Waals surface area (Å²) in [7, 11) is 1.99. The molecule has 0 aromatic carbocycles. The Morgan fingerprint density at radius 3 is 2.43 bits per heavy atom. The molecule has 2 heterocycles. The van der Waals surface area contributed by atoms with Crippen LogP contribution in [0.15, 0.2) is 12.1 Å². The van der Waals surface area contributed by atoms with Gasteiger partial charge >= 0.3 is 5.97 Å². The lowest BCUT2D eigenvalue weighted by Gasteiger charge is -2.25. The van der Waals surface area contributed by atoms with Crippen molar-refractivity contribution in [1.82, 2.24) is 14.4 Å². The van der Waals surface area contributed by atoms with E-state index in [1.54, 1.807) is 0 Å². The summed E-state index contributed by atoms with van der Waals surface area (Å²) in [5.41, 5.74) is 2.07. The van der Waals surface area contributed by atoms with Crippen molar-refractivity contribution in [1.29, 1.82) is 0 Å². The molecule has 1 aliphatic heterocycles. The van der Waals surface area contributed by atoms with E-state index >= 15 is 0 Å². The lowest BCUT2D eigenvalue weighted by Crippen LogP contribution is -2.33. The Bertz CT molecular complexity index is 474. The maximum absolute atomic E-state index is 11.7. The third-order valence-electron chi connectivity index (χ3n) is 4.56. The first-order valence-electron chi connectivity index (χ1n) is 7.92. The van der Waals surface area contributed by atoms with Gasteiger partial charge in [0.1, 0.15) is 6.04 Å². The van der Waals surface area contributed by atoms with Crippen LogP contribution < -0.4 is 0 Å². The highest BCUT2D eigenvalue weighted by molar-refractivity contribution is 5.75. The van der Waals surface area contributed by atoms with E-state index in [9.17, 15) is 9.90 Å². The quantitative estimate of drug-likeness (QED) is 0.836. The van der Waals surface area contributed by atoms with E-state index in [4.69, 9.17) is 0 Å². The second-order valence-electron chi connectivity index (χ2n) is 5.75. The van der Waals surface area contributed by atoms with Gasteiger partial charge in [-0.2, -0.15) is 0 Å². The predicted molar refractivity (Wildman–Crippen MR) is 83.2 cm³/mol. The zero-order valence-corrected chi connectivity index (χ0v) is 13.4. The SMILES string of the molecule is CCN(CC)Cc1ccc(C(C(=O)O)N2CCCC2)n1C. The highest BCUT2D eigenvalue weighted by atomic mass is 16.4. The van der Waals surface area contributed by atoms with Crippen LogP contribution in [0.25, 0.3) is 0 Å². The minimum Gasteiger partial charge on any atom is -0.480 e. The summed E-state index contributed by atoms with van der Waals surface area (Å²) in [6, 6.07) is 3.54. The topological polar surface area (TPSA) is 48.7 Å². The smallest absolute Gasteiger partial charge is 0.327 e. The van der Waals surface area contributed by atoms with Gasteiger partial charge in [0.05, 0.1) is 0 Å². The molecule has 5 nitrogen and oxygen atoms in total. The Balaban J connectivity index is 2.22. The van der Waals surface area contributed by atoms with E-state index in [1.165, 1.54) is 5.69 Å². The fourth-order valence-corrected chi connectivity index (χ4v) is 3.15. The average molecular weight is 293 g/mol. The molecule has 2 rings (SSSR count). The number of carbonyl (C=O) groups is 1.